The number of amides is 1. The minimum atomic E-state index is 0.0567. The molecule has 0 bridgehead atoms. The average molecular weight is 274 g/mol. The predicted molar refractivity (Wildman–Crippen MR) is 76.6 cm³/mol. The molecule has 3 nitrogen and oxygen atoms in total. The Bertz CT molecular complexity index is 269. The van der Waals surface area contributed by atoms with E-state index < -0.39 is 0 Å². The first kappa shape index (κ1) is 13.6. The van der Waals surface area contributed by atoms with Gasteiger partial charge in [0.15, 0.2) is 0 Å². The molecule has 2 heterocycles. The van der Waals surface area contributed by atoms with Crippen molar-refractivity contribution in [2.45, 2.75) is 44.1 Å². The van der Waals surface area contributed by atoms with Gasteiger partial charge < -0.3 is 4.90 Å². The Kier molecular flexibility index (Phi) is 5.06. The van der Waals surface area contributed by atoms with Crippen molar-refractivity contribution < 1.29 is 4.79 Å². The van der Waals surface area contributed by atoms with Crippen LogP contribution in [0.3, 0.4) is 0 Å². The van der Waals surface area contributed by atoms with Gasteiger partial charge in [-0.2, -0.15) is 23.5 Å². The zero-order chi connectivity index (χ0) is 12.3. The Morgan fingerprint density at radius 2 is 2.18 bits per heavy atom. The standard InChI is InChI=1S/C12H22N2OS2/c1-3-10-12(15)14(11(4-2)13-10)7-9-8-16-5-6-17-9/h9-11,13H,3-8H2,1-2H3. The Morgan fingerprint density at radius 1 is 1.35 bits per heavy atom. The lowest BCUT2D eigenvalue weighted by atomic mass is 10.2. The lowest BCUT2D eigenvalue weighted by Gasteiger charge is -2.29. The number of carbonyl (C=O) groups excluding carboxylic acids is 1. The van der Waals surface area contributed by atoms with E-state index in [0.717, 1.165) is 19.4 Å². The van der Waals surface area contributed by atoms with Crippen molar-refractivity contribution in [3.8, 4) is 0 Å². The molecule has 0 aliphatic carbocycles. The zero-order valence-corrected chi connectivity index (χ0v) is 12.3. The number of nitrogens with zero attached hydrogens (tertiary/aromatic N) is 1. The SMILES string of the molecule is CCC1NC(CC)N(CC2CSCCS2)C1=O. The second-order valence-corrected chi connectivity index (χ2v) is 7.17. The molecule has 2 saturated heterocycles. The van der Waals surface area contributed by atoms with Gasteiger partial charge in [-0.05, 0) is 12.8 Å². The number of rotatable bonds is 4. The summed E-state index contributed by atoms with van der Waals surface area (Å²) in [6.07, 6.45) is 2.17. The first-order valence-electron chi connectivity index (χ1n) is 6.52. The third-order valence-corrected chi connectivity index (χ3v) is 6.26. The van der Waals surface area contributed by atoms with Crippen molar-refractivity contribution in [1.29, 1.82) is 0 Å². The molecule has 0 aromatic heterocycles. The molecule has 2 aliphatic heterocycles. The van der Waals surface area contributed by atoms with Crippen LogP contribution < -0.4 is 5.32 Å². The van der Waals surface area contributed by atoms with Crippen LogP contribution in [0.25, 0.3) is 0 Å². The van der Waals surface area contributed by atoms with Crippen LogP contribution in [0.5, 0.6) is 0 Å². The topological polar surface area (TPSA) is 32.3 Å². The molecule has 17 heavy (non-hydrogen) atoms. The third-order valence-electron chi connectivity index (χ3n) is 3.43. The highest BCUT2D eigenvalue weighted by Gasteiger charge is 2.37. The quantitative estimate of drug-likeness (QED) is 0.847. The molecule has 3 atom stereocenters. The molecule has 98 valence electrons. The van der Waals surface area contributed by atoms with E-state index in [1.54, 1.807) is 0 Å². The Hall–Kier alpha value is 0.130. The molecule has 2 fully saturated rings. The van der Waals surface area contributed by atoms with Gasteiger partial charge in [-0.25, -0.2) is 0 Å². The predicted octanol–water partition coefficient (Wildman–Crippen LogP) is 1.78. The molecule has 0 radical (unpaired) electrons. The summed E-state index contributed by atoms with van der Waals surface area (Å²) >= 11 is 4.05. The number of hydrogen-bond donors (Lipinski definition) is 1. The molecule has 0 saturated carbocycles. The van der Waals surface area contributed by atoms with Crippen LogP contribution >= 0.6 is 23.5 Å². The normalized spacial score (nSPS) is 34.4. The summed E-state index contributed by atoms with van der Waals surface area (Å²) in [7, 11) is 0. The Morgan fingerprint density at radius 3 is 2.76 bits per heavy atom. The van der Waals surface area contributed by atoms with Crippen LogP contribution in [0.4, 0.5) is 0 Å². The molecule has 3 unspecified atom stereocenters. The minimum Gasteiger partial charge on any atom is -0.325 e. The molecule has 0 spiro atoms. The zero-order valence-electron chi connectivity index (χ0n) is 10.6. The largest absolute Gasteiger partial charge is 0.325 e. The van der Waals surface area contributed by atoms with Crippen LogP contribution in [0.15, 0.2) is 0 Å². The van der Waals surface area contributed by atoms with Crippen molar-refractivity contribution >= 4 is 29.4 Å². The maximum atomic E-state index is 12.2. The van der Waals surface area contributed by atoms with Crippen molar-refractivity contribution in [1.82, 2.24) is 10.2 Å². The van der Waals surface area contributed by atoms with Gasteiger partial charge in [0, 0.05) is 29.1 Å². The van der Waals surface area contributed by atoms with Gasteiger partial charge in [0.05, 0.1) is 12.2 Å². The molecule has 5 heteroatoms. The Balaban J connectivity index is 1.94. The summed E-state index contributed by atoms with van der Waals surface area (Å²) in [6, 6.07) is 0.0567. The number of thioether (sulfide) groups is 2. The van der Waals surface area contributed by atoms with Gasteiger partial charge in [-0.3, -0.25) is 10.1 Å². The fraction of sp³-hybridized carbons (Fsp3) is 0.917. The summed E-state index contributed by atoms with van der Waals surface area (Å²) in [6.45, 7) is 5.16. The lowest BCUT2D eigenvalue weighted by Crippen LogP contribution is -2.42. The van der Waals surface area contributed by atoms with Crippen molar-refractivity contribution in [2.24, 2.45) is 0 Å². The second-order valence-electron chi connectivity index (χ2n) is 4.61. The van der Waals surface area contributed by atoms with E-state index in [9.17, 15) is 4.79 Å². The molecule has 0 aromatic carbocycles. The van der Waals surface area contributed by atoms with Gasteiger partial charge in [0.25, 0.3) is 0 Å². The van der Waals surface area contributed by atoms with E-state index in [1.807, 2.05) is 23.5 Å². The van der Waals surface area contributed by atoms with E-state index >= 15 is 0 Å². The van der Waals surface area contributed by atoms with Crippen molar-refractivity contribution in [2.75, 3.05) is 23.8 Å². The van der Waals surface area contributed by atoms with E-state index in [0.29, 0.717) is 11.2 Å². The van der Waals surface area contributed by atoms with E-state index in [2.05, 4.69) is 24.1 Å². The fourth-order valence-corrected chi connectivity index (χ4v) is 5.12. The van der Waals surface area contributed by atoms with Crippen LogP contribution in [0.1, 0.15) is 26.7 Å². The van der Waals surface area contributed by atoms with Crippen molar-refractivity contribution in [3.63, 3.8) is 0 Å². The van der Waals surface area contributed by atoms with Gasteiger partial charge in [-0.15, -0.1) is 0 Å². The molecular formula is C12H22N2OS2. The van der Waals surface area contributed by atoms with Crippen molar-refractivity contribution in [3.05, 3.63) is 0 Å². The van der Waals surface area contributed by atoms with E-state index in [4.69, 9.17) is 0 Å². The Labute approximate surface area is 112 Å². The van der Waals surface area contributed by atoms with Crippen LogP contribution in [-0.4, -0.2) is 52.1 Å². The molecule has 1 N–H and O–H groups in total. The maximum Gasteiger partial charge on any atom is 0.241 e. The fourth-order valence-electron chi connectivity index (χ4n) is 2.46. The highest BCUT2D eigenvalue weighted by Crippen LogP contribution is 2.27. The summed E-state index contributed by atoms with van der Waals surface area (Å²) in [5.74, 6) is 4.01. The summed E-state index contributed by atoms with van der Waals surface area (Å²) in [5, 5.41) is 4.07. The first-order valence-corrected chi connectivity index (χ1v) is 8.72. The molecule has 2 rings (SSSR count). The van der Waals surface area contributed by atoms with Crippen LogP contribution in [0.2, 0.25) is 0 Å². The molecule has 1 amide bonds. The van der Waals surface area contributed by atoms with Crippen LogP contribution in [-0.2, 0) is 4.79 Å². The maximum absolute atomic E-state index is 12.2. The summed E-state index contributed by atoms with van der Waals surface area (Å²) in [5.41, 5.74) is 0. The van der Waals surface area contributed by atoms with Gasteiger partial charge >= 0.3 is 0 Å². The van der Waals surface area contributed by atoms with E-state index in [1.165, 1.54) is 17.3 Å². The second kappa shape index (κ2) is 6.34. The summed E-state index contributed by atoms with van der Waals surface area (Å²) in [4.78, 5) is 14.3. The minimum absolute atomic E-state index is 0.0567. The molecule has 2 aliphatic rings. The highest BCUT2D eigenvalue weighted by atomic mass is 32.2. The van der Waals surface area contributed by atoms with Gasteiger partial charge in [0.2, 0.25) is 5.91 Å². The third kappa shape index (κ3) is 3.12. The lowest BCUT2D eigenvalue weighted by molar-refractivity contribution is -0.130. The smallest absolute Gasteiger partial charge is 0.241 e. The number of hydrogen-bond acceptors (Lipinski definition) is 4. The number of nitrogens with one attached hydrogen (secondary N) is 1. The van der Waals surface area contributed by atoms with Gasteiger partial charge in [-0.1, -0.05) is 13.8 Å². The first-order chi connectivity index (χ1) is 8.26. The number of carbonyl (C=O) groups is 1. The monoisotopic (exact) mass is 274 g/mol. The van der Waals surface area contributed by atoms with Gasteiger partial charge in [0.1, 0.15) is 0 Å². The van der Waals surface area contributed by atoms with Crippen LogP contribution in [0, 0.1) is 0 Å². The highest BCUT2D eigenvalue weighted by molar-refractivity contribution is 8.06. The summed E-state index contributed by atoms with van der Waals surface area (Å²) < 4.78 is 0. The molecular weight excluding hydrogens is 252 g/mol. The average Bonchev–Trinajstić information content (AvgIpc) is 2.68. The van der Waals surface area contributed by atoms with E-state index in [-0.39, 0.29) is 12.2 Å². The molecule has 0 aromatic rings.